The minimum absolute atomic E-state index is 0.0189. The van der Waals surface area contributed by atoms with Crippen LogP contribution in [-0.4, -0.2) is 43.7 Å². The number of nitro groups is 1. The van der Waals surface area contributed by atoms with Gasteiger partial charge in [0.2, 0.25) is 0 Å². The summed E-state index contributed by atoms with van der Waals surface area (Å²) in [7, 11) is 5.04. The Morgan fingerprint density at radius 3 is 2.19 bits per heavy atom. The third-order valence-electron chi connectivity index (χ3n) is 3.67. The molecule has 2 aromatic rings. The van der Waals surface area contributed by atoms with Gasteiger partial charge in [0.05, 0.1) is 11.0 Å². The predicted molar refractivity (Wildman–Crippen MR) is 96.5 cm³/mol. The summed E-state index contributed by atoms with van der Waals surface area (Å²) >= 11 is 0. The lowest BCUT2D eigenvalue weighted by Gasteiger charge is -2.18. The number of nitro benzene ring substituents is 1. The summed E-state index contributed by atoms with van der Waals surface area (Å²) in [6.45, 7) is 0.338. The summed E-state index contributed by atoms with van der Waals surface area (Å²) in [6, 6.07) is 13.0. The Bertz CT molecular complexity index is 744. The molecule has 1 atom stereocenters. The standard InChI is InChI=1S/C18H21N3O5/c1-19-17(12-25-15-10-6-14(7-11-15)21(23)24)13-4-8-16(9-5-13)26-18(22)20(2)3/h4-11,17,19H,12H2,1-3H3. The number of benzene rings is 2. The number of rotatable bonds is 7. The first kappa shape index (κ1) is 19.2. The van der Waals surface area contributed by atoms with Crippen LogP contribution < -0.4 is 14.8 Å². The molecule has 0 fully saturated rings. The molecule has 26 heavy (non-hydrogen) atoms. The molecule has 1 N–H and O–H groups in total. The van der Waals surface area contributed by atoms with Gasteiger partial charge < -0.3 is 19.7 Å². The highest BCUT2D eigenvalue weighted by Gasteiger charge is 2.12. The number of hydrogen-bond donors (Lipinski definition) is 1. The van der Waals surface area contributed by atoms with E-state index in [-0.39, 0.29) is 11.7 Å². The van der Waals surface area contributed by atoms with E-state index < -0.39 is 11.0 Å². The van der Waals surface area contributed by atoms with Crippen LogP contribution in [0.3, 0.4) is 0 Å². The SMILES string of the molecule is CNC(COc1ccc([N+](=O)[O-])cc1)c1ccc(OC(=O)N(C)C)cc1. The Morgan fingerprint density at radius 1 is 1.12 bits per heavy atom. The summed E-state index contributed by atoms with van der Waals surface area (Å²) < 4.78 is 10.9. The highest BCUT2D eigenvalue weighted by Crippen LogP contribution is 2.21. The number of ether oxygens (including phenoxy) is 2. The highest BCUT2D eigenvalue weighted by atomic mass is 16.6. The zero-order valence-electron chi connectivity index (χ0n) is 14.8. The van der Waals surface area contributed by atoms with Crippen LogP contribution in [-0.2, 0) is 0 Å². The smallest absolute Gasteiger partial charge is 0.414 e. The molecule has 0 aliphatic carbocycles. The lowest BCUT2D eigenvalue weighted by molar-refractivity contribution is -0.384. The van der Waals surface area contributed by atoms with Crippen LogP contribution in [0.2, 0.25) is 0 Å². The van der Waals surface area contributed by atoms with Gasteiger partial charge in [-0.1, -0.05) is 12.1 Å². The van der Waals surface area contributed by atoms with Gasteiger partial charge in [-0.25, -0.2) is 4.79 Å². The van der Waals surface area contributed by atoms with Crippen LogP contribution in [0.1, 0.15) is 11.6 Å². The minimum Gasteiger partial charge on any atom is -0.492 e. The van der Waals surface area contributed by atoms with E-state index in [9.17, 15) is 14.9 Å². The van der Waals surface area contributed by atoms with Gasteiger partial charge in [-0.3, -0.25) is 10.1 Å². The van der Waals surface area contributed by atoms with E-state index in [1.807, 2.05) is 19.2 Å². The van der Waals surface area contributed by atoms with Crippen LogP contribution in [0.15, 0.2) is 48.5 Å². The normalized spacial score (nSPS) is 11.5. The van der Waals surface area contributed by atoms with Crippen LogP contribution >= 0.6 is 0 Å². The van der Waals surface area contributed by atoms with E-state index in [1.54, 1.807) is 38.4 Å². The second kappa shape index (κ2) is 8.82. The van der Waals surface area contributed by atoms with Crippen molar-refractivity contribution >= 4 is 11.8 Å². The Morgan fingerprint density at radius 2 is 1.69 bits per heavy atom. The van der Waals surface area contributed by atoms with Crippen molar-refractivity contribution in [1.29, 1.82) is 0 Å². The molecular weight excluding hydrogens is 338 g/mol. The summed E-state index contributed by atoms with van der Waals surface area (Å²) in [5, 5.41) is 13.8. The third-order valence-corrected chi connectivity index (χ3v) is 3.67. The fourth-order valence-corrected chi connectivity index (χ4v) is 2.15. The highest BCUT2D eigenvalue weighted by molar-refractivity contribution is 5.69. The van der Waals surface area contributed by atoms with E-state index in [0.717, 1.165) is 5.56 Å². The maximum absolute atomic E-state index is 11.5. The largest absolute Gasteiger partial charge is 0.492 e. The fourth-order valence-electron chi connectivity index (χ4n) is 2.15. The number of nitrogens with zero attached hydrogens (tertiary/aromatic N) is 2. The third kappa shape index (κ3) is 5.18. The Hall–Kier alpha value is -3.13. The molecule has 0 radical (unpaired) electrons. The number of likely N-dealkylation sites (N-methyl/N-ethyl adjacent to an activating group) is 1. The Labute approximate surface area is 151 Å². The molecule has 0 saturated heterocycles. The Kier molecular flexibility index (Phi) is 6.51. The fraction of sp³-hybridized carbons (Fsp3) is 0.278. The van der Waals surface area contributed by atoms with Crippen molar-refractivity contribution in [3.63, 3.8) is 0 Å². The van der Waals surface area contributed by atoms with Gasteiger partial charge in [-0.15, -0.1) is 0 Å². The maximum Gasteiger partial charge on any atom is 0.414 e. The topological polar surface area (TPSA) is 93.9 Å². The predicted octanol–water partition coefficient (Wildman–Crippen LogP) is 2.99. The zero-order valence-corrected chi connectivity index (χ0v) is 14.8. The molecule has 0 aliphatic rings. The van der Waals surface area contributed by atoms with Crippen LogP contribution in [0, 0.1) is 10.1 Å². The van der Waals surface area contributed by atoms with E-state index in [0.29, 0.717) is 18.1 Å². The van der Waals surface area contributed by atoms with Crippen molar-refractivity contribution in [2.75, 3.05) is 27.7 Å². The van der Waals surface area contributed by atoms with Gasteiger partial charge in [-0.2, -0.15) is 0 Å². The van der Waals surface area contributed by atoms with Gasteiger partial charge >= 0.3 is 6.09 Å². The number of carbonyl (C=O) groups excluding carboxylic acids is 1. The second-order valence-corrected chi connectivity index (χ2v) is 5.73. The van der Waals surface area contributed by atoms with Gasteiger partial charge in [0.1, 0.15) is 18.1 Å². The first-order valence-electron chi connectivity index (χ1n) is 7.94. The summed E-state index contributed by atoms with van der Waals surface area (Å²) in [5.74, 6) is 1.01. The van der Waals surface area contributed by atoms with Gasteiger partial charge in [0.25, 0.3) is 5.69 Å². The van der Waals surface area contributed by atoms with Crippen LogP contribution in [0.25, 0.3) is 0 Å². The van der Waals surface area contributed by atoms with Crippen molar-refractivity contribution < 1.29 is 19.2 Å². The quantitative estimate of drug-likeness (QED) is 0.603. The molecule has 0 bridgehead atoms. The van der Waals surface area contributed by atoms with Crippen molar-refractivity contribution in [2.24, 2.45) is 0 Å². The molecule has 0 aliphatic heterocycles. The van der Waals surface area contributed by atoms with Crippen molar-refractivity contribution in [3.05, 3.63) is 64.2 Å². The van der Waals surface area contributed by atoms with E-state index in [2.05, 4.69) is 5.32 Å². The van der Waals surface area contributed by atoms with Crippen molar-refractivity contribution in [3.8, 4) is 11.5 Å². The van der Waals surface area contributed by atoms with Crippen molar-refractivity contribution in [1.82, 2.24) is 10.2 Å². The number of nitrogens with one attached hydrogen (secondary N) is 1. The van der Waals surface area contributed by atoms with Crippen LogP contribution in [0.5, 0.6) is 11.5 Å². The number of non-ortho nitro benzene ring substituents is 1. The van der Waals surface area contributed by atoms with E-state index in [1.165, 1.54) is 17.0 Å². The summed E-state index contributed by atoms with van der Waals surface area (Å²) in [6.07, 6.45) is -0.440. The molecule has 0 aromatic heterocycles. The molecule has 0 spiro atoms. The number of amides is 1. The monoisotopic (exact) mass is 359 g/mol. The first-order valence-corrected chi connectivity index (χ1v) is 7.94. The molecule has 0 saturated carbocycles. The van der Waals surface area contributed by atoms with Crippen molar-refractivity contribution in [2.45, 2.75) is 6.04 Å². The molecule has 0 heterocycles. The average Bonchev–Trinajstić information content (AvgIpc) is 2.63. The molecule has 2 rings (SSSR count). The minimum atomic E-state index is -0.454. The first-order chi connectivity index (χ1) is 12.4. The number of carbonyl (C=O) groups is 1. The molecular formula is C18H21N3O5. The maximum atomic E-state index is 11.5. The summed E-state index contributed by atoms with van der Waals surface area (Å²) in [4.78, 5) is 23.1. The second-order valence-electron chi connectivity index (χ2n) is 5.73. The molecule has 1 unspecified atom stereocenters. The van der Waals surface area contributed by atoms with E-state index >= 15 is 0 Å². The van der Waals surface area contributed by atoms with Gasteiger partial charge in [0, 0.05) is 26.2 Å². The Balaban J connectivity index is 1.97. The van der Waals surface area contributed by atoms with E-state index in [4.69, 9.17) is 9.47 Å². The van der Waals surface area contributed by atoms with Gasteiger partial charge in [-0.05, 0) is 36.9 Å². The average molecular weight is 359 g/mol. The summed E-state index contributed by atoms with van der Waals surface area (Å²) in [5.41, 5.74) is 0.976. The molecule has 2 aromatic carbocycles. The number of hydrogen-bond acceptors (Lipinski definition) is 6. The lowest BCUT2D eigenvalue weighted by atomic mass is 10.1. The molecule has 8 nitrogen and oxygen atoms in total. The zero-order chi connectivity index (χ0) is 19.1. The van der Waals surface area contributed by atoms with Crippen LogP contribution in [0.4, 0.5) is 10.5 Å². The molecule has 138 valence electrons. The molecule has 8 heteroatoms. The van der Waals surface area contributed by atoms with Gasteiger partial charge in [0.15, 0.2) is 0 Å². The lowest BCUT2D eigenvalue weighted by Crippen LogP contribution is -2.25. The molecule has 1 amide bonds.